The molecule has 0 unspecified atom stereocenters. The van der Waals surface area contributed by atoms with Crippen LogP contribution in [0.3, 0.4) is 0 Å². The summed E-state index contributed by atoms with van der Waals surface area (Å²) in [5.74, 6) is 0.526. The average molecular weight is 543 g/mol. The first-order valence-electron chi connectivity index (χ1n) is 13.9. The first-order valence-corrected chi connectivity index (χ1v) is 15.5. The summed E-state index contributed by atoms with van der Waals surface area (Å²) >= 11 is 0. The van der Waals surface area contributed by atoms with Crippen LogP contribution in [0.1, 0.15) is 77.3 Å². The molecular formula is C31H43O6P. The molecule has 0 spiro atoms. The van der Waals surface area contributed by atoms with Gasteiger partial charge in [0.1, 0.15) is 11.9 Å². The maximum Gasteiger partial charge on any atom is 0.348 e. The van der Waals surface area contributed by atoms with E-state index in [2.05, 4.69) is 45.0 Å². The fourth-order valence-corrected chi connectivity index (χ4v) is 8.76. The summed E-state index contributed by atoms with van der Waals surface area (Å²) in [7, 11) is -2.20. The summed E-state index contributed by atoms with van der Waals surface area (Å²) in [4.78, 5) is 14.2. The van der Waals surface area contributed by atoms with Crippen LogP contribution in [0.5, 0.6) is 5.75 Å². The topological polar surface area (TPSA) is 71.1 Å². The lowest BCUT2D eigenvalue weighted by atomic mass is 9.64. The molecule has 0 amide bonds. The molecule has 38 heavy (non-hydrogen) atoms. The zero-order chi connectivity index (χ0) is 27.6. The predicted molar refractivity (Wildman–Crippen MR) is 150 cm³/mol. The minimum absolute atomic E-state index is 0.138. The Balaban J connectivity index is 1.68. The van der Waals surface area contributed by atoms with E-state index < -0.39 is 18.7 Å². The summed E-state index contributed by atoms with van der Waals surface area (Å²) in [5.41, 5.74) is 1.94. The van der Waals surface area contributed by atoms with E-state index in [0.717, 1.165) is 30.6 Å². The Kier molecular flexibility index (Phi) is 8.76. The number of ether oxygens (including phenoxy) is 2. The summed E-state index contributed by atoms with van der Waals surface area (Å²) < 4.78 is 37.6. The lowest BCUT2D eigenvalue weighted by Gasteiger charge is -2.44. The van der Waals surface area contributed by atoms with Crippen molar-refractivity contribution < 1.29 is 27.9 Å². The van der Waals surface area contributed by atoms with Gasteiger partial charge in [-0.05, 0) is 67.7 Å². The fraction of sp³-hybridized carbons (Fsp3) is 0.581. The van der Waals surface area contributed by atoms with Gasteiger partial charge in [-0.1, -0.05) is 69.7 Å². The monoisotopic (exact) mass is 542 g/mol. The van der Waals surface area contributed by atoms with E-state index in [-0.39, 0.29) is 36.6 Å². The predicted octanol–water partition coefficient (Wildman–Crippen LogP) is 7.51. The molecule has 6 nitrogen and oxygen atoms in total. The molecule has 0 N–H and O–H groups in total. The Bertz CT molecular complexity index is 1120. The van der Waals surface area contributed by atoms with E-state index in [4.69, 9.17) is 18.5 Å². The Morgan fingerprint density at radius 2 is 1.63 bits per heavy atom. The first kappa shape index (κ1) is 28.9. The third-order valence-electron chi connectivity index (χ3n) is 8.65. The minimum atomic E-state index is -3.81. The number of rotatable bonds is 11. The molecule has 0 aliphatic heterocycles. The number of hydrogen-bond acceptors (Lipinski definition) is 6. The van der Waals surface area contributed by atoms with E-state index >= 15 is 0 Å². The SMILES string of the molecule is CCOP(=O)(OCC)[C@@]1(C(=O)O[C@@H]2C[C@H](C)CC[C@H]2C(C)(C)c2ccccc2)C[C@@H]1c1ccc(OC)cc1. The highest BCUT2D eigenvalue weighted by molar-refractivity contribution is 7.57. The third-order valence-corrected chi connectivity index (χ3v) is 11.5. The summed E-state index contributed by atoms with van der Waals surface area (Å²) in [6.07, 6.45) is 2.91. The molecule has 0 saturated heterocycles. The van der Waals surface area contributed by atoms with Gasteiger partial charge in [-0.15, -0.1) is 0 Å². The van der Waals surface area contributed by atoms with Gasteiger partial charge in [0.05, 0.1) is 20.3 Å². The molecule has 0 bridgehead atoms. The number of esters is 1. The summed E-state index contributed by atoms with van der Waals surface area (Å²) in [5, 5.41) is -1.35. The number of carbonyl (C=O) groups is 1. The molecule has 2 aliphatic carbocycles. The van der Waals surface area contributed by atoms with Crippen LogP contribution in [0.4, 0.5) is 0 Å². The van der Waals surface area contributed by atoms with E-state index in [1.54, 1.807) is 21.0 Å². The van der Waals surface area contributed by atoms with Crippen LogP contribution in [0.25, 0.3) is 0 Å². The molecule has 2 aliphatic rings. The van der Waals surface area contributed by atoms with Crippen LogP contribution in [0.2, 0.25) is 0 Å². The zero-order valence-electron chi connectivity index (χ0n) is 23.6. The Hall–Kier alpha value is -2.14. The van der Waals surface area contributed by atoms with Gasteiger partial charge >= 0.3 is 13.6 Å². The Labute approximate surface area is 227 Å². The lowest BCUT2D eigenvalue weighted by molar-refractivity contribution is -0.157. The smallest absolute Gasteiger partial charge is 0.348 e. The Morgan fingerprint density at radius 1 is 1.00 bits per heavy atom. The molecule has 0 radical (unpaired) electrons. The van der Waals surface area contributed by atoms with Crippen molar-refractivity contribution in [2.75, 3.05) is 20.3 Å². The molecule has 0 aromatic heterocycles. The first-order chi connectivity index (χ1) is 18.1. The van der Waals surface area contributed by atoms with Crippen LogP contribution in [-0.4, -0.2) is 37.6 Å². The highest BCUT2D eigenvalue weighted by atomic mass is 31.2. The Morgan fingerprint density at radius 3 is 2.21 bits per heavy atom. The highest BCUT2D eigenvalue weighted by Crippen LogP contribution is 2.77. The van der Waals surface area contributed by atoms with Gasteiger partial charge in [-0.2, -0.15) is 0 Å². The number of carbonyl (C=O) groups excluding carboxylic acids is 1. The van der Waals surface area contributed by atoms with Crippen LogP contribution in [-0.2, 0) is 28.6 Å². The van der Waals surface area contributed by atoms with Gasteiger partial charge < -0.3 is 18.5 Å². The summed E-state index contributed by atoms with van der Waals surface area (Å²) in [6, 6.07) is 18.0. The minimum Gasteiger partial charge on any atom is -0.497 e. The van der Waals surface area contributed by atoms with Crippen molar-refractivity contribution in [1.29, 1.82) is 0 Å². The van der Waals surface area contributed by atoms with E-state index in [0.29, 0.717) is 12.3 Å². The number of hydrogen-bond donors (Lipinski definition) is 0. The maximum atomic E-state index is 14.3. The van der Waals surface area contributed by atoms with Gasteiger partial charge in [-0.25, -0.2) is 0 Å². The maximum absolute atomic E-state index is 14.3. The summed E-state index contributed by atoms with van der Waals surface area (Å²) in [6.45, 7) is 10.6. The van der Waals surface area contributed by atoms with Gasteiger partial charge in [0.2, 0.25) is 0 Å². The zero-order valence-corrected chi connectivity index (χ0v) is 24.5. The van der Waals surface area contributed by atoms with Crippen molar-refractivity contribution in [3.63, 3.8) is 0 Å². The molecular weight excluding hydrogens is 499 g/mol. The highest BCUT2D eigenvalue weighted by Gasteiger charge is 2.75. The molecule has 4 rings (SSSR count). The molecule has 2 aromatic carbocycles. The molecule has 7 heteroatoms. The molecule has 208 valence electrons. The second-order valence-electron chi connectivity index (χ2n) is 11.3. The van der Waals surface area contributed by atoms with Gasteiger partial charge in [-0.3, -0.25) is 9.36 Å². The van der Waals surface area contributed by atoms with Crippen LogP contribution >= 0.6 is 7.60 Å². The van der Waals surface area contributed by atoms with Crippen molar-refractivity contribution in [3.8, 4) is 5.75 Å². The quantitative estimate of drug-likeness (QED) is 0.216. The van der Waals surface area contributed by atoms with Gasteiger partial charge in [0.25, 0.3) is 0 Å². The molecule has 0 heterocycles. The fourth-order valence-electron chi connectivity index (χ4n) is 6.34. The van der Waals surface area contributed by atoms with Crippen molar-refractivity contribution >= 4 is 13.6 Å². The third kappa shape index (κ3) is 5.33. The van der Waals surface area contributed by atoms with Crippen molar-refractivity contribution in [2.45, 2.75) is 82.9 Å². The second-order valence-corrected chi connectivity index (χ2v) is 13.7. The van der Waals surface area contributed by atoms with Crippen LogP contribution in [0.15, 0.2) is 54.6 Å². The molecule has 2 saturated carbocycles. The average Bonchev–Trinajstić information content (AvgIpc) is 3.67. The van der Waals surface area contributed by atoms with Gasteiger partial charge in [0, 0.05) is 11.8 Å². The normalized spacial score (nSPS) is 27.5. The van der Waals surface area contributed by atoms with Gasteiger partial charge in [0.15, 0.2) is 5.16 Å². The van der Waals surface area contributed by atoms with Crippen molar-refractivity contribution in [3.05, 3.63) is 65.7 Å². The second kappa shape index (κ2) is 11.5. The van der Waals surface area contributed by atoms with E-state index in [1.807, 2.05) is 30.3 Å². The van der Waals surface area contributed by atoms with Crippen molar-refractivity contribution in [1.82, 2.24) is 0 Å². The molecule has 5 atom stereocenters. The largest absolute Gasteiger partial charge is 0.497 e. The lowest BCUT2D eigenvalue weighted by Crippen LogP contribution is -2.45. The molecule has 2 fully saturated rings. The van der Waals surface area contributed by atoms with Crippen LogP contribution < -0.4 is 4.74 Å². The van der Waals surface area contributed by atoms with E-state index in [1.165, 1.54) is 5.56 Å². The number of methoxy groups -OCH3 is 1. The standard InChI is InChI=1S/C31H43O6P/c1-7-35-38(33,36-8-2)31(21-27(31)23-15-17-25(34-6)18-16-23)29(32)37-28-20-22(3)14-19-26(28)30(4,5)24-12-10-9-11-13-24/h9-13,15-18,22,26-28H,7-8,14,19-21H2,1-6H3/t22-,26-,27-,28-,31+/m1/s1. The van der Waals surface area contributed by atoms with Crippen molar-refractivity contribution in [2.24, 2.45) is 11.8 Å². The van der Waals surface area contributed by atoms with E-state index in [9.17, 15) is 9.36 Å². The number of benzene rings is 2. The van der Waals surface area contributed by atoms with Crippen LogP contribution in [0, 0.1) is 11.8 Å². The molecule has 2 aromatic rings.